The average molecular weight is 448 g/mol. The van der Waals surface area contributed by atoms with Crippen molar-refractivity contribution < 1.29 is 27.4 Å². The molecule has 0 radical (unpaired) electrons. The van der Waals surface area contributed by atoms with Gasteiger partial charge in [0, 0.05) is 25.4 Å². The first-order chi connectivity index (χ1) is 15.3. The number of benzene rings is 2. The molecule has 2 aliphatic rings. The third-order valence-corrected chi connectivity index (χ3v) is 6.15. The summed E-state index contributed by atoms with van der Waals surface area (Å²) in [5.41, 5.74) is 0.368. The Bertz CT molecular complexity index is 897. The van der Waals surface area contributed by atoms with Gasteiger partial charge in [-0.1, -0.05) is 30.3 Å². The molecule has 172 valence electrons. The summed E-state index contributed by atoms with van der Waals surface area (Å²) in [7, 11) is 0. The summed E-state index contributed by atoms with van der Waals surface area (Å²) >= 11 is 0. The Labute approximate surface area is 185 Å². The average Bonchev–Trinajstić information content (AvgIpc) is 3.24. The number of piperidine rings is 1. The molecule has 2 atom stereocenters. The number of ether oxygens (including phenoxy) is 2. The Balaban J connectivity index is 1.35. The number of likely N-dealkylation sites (tertiary alicyclic amines) is 1. The molecule has 2 aromatic rings. The van der Waals surface area contributed by atoms with E-state index in [1.54, 1.807) is 0 Å². The third kappa shape index (κ3) is 5.49. The largest absolute Gasteiger partial charge is 0.416 e. The zero-order chi connectivity index (χ0) is 22.6. The Morgan fingerprint density at radius 1 is 1.12 bits per heavy atom. The smallest absolute Gasteiger partial charge is 0.372 e. The fraction of sp³-hybridized carbons (Fsp3) is 0.458. The van der Waals surface area contributed by atoms with Crippen LogP contribution in [0.5, 0.6) is 0 Å². The van der Waals surface area contributed by atoms with E-state index in [1.165, 1.54) is 12.1 Å². The van der Waals surface area contributed by atoms with Crippen molar-refractivity contribution in [3.05, 3.63) is 65.7 Å². The van der Waals surface area contributed by atoms with E-state index in [-0.39, 0.29) is 24.2 Å². The normalized spacial score (nSPS) is 24.0. The van der Waals surface area contributed by atoms with Gasteiger partial charge >= 0.3 is 6.18 Å². The topological polar surface area (TPSA) is 50.8 Å². The van der Waals surface area contributed by atoms with Crippen molar-refractivity contribution >= 4 is 11.6 Å². The molecule has 2 saturated heterocycles. The van der Waals surface area contributed by atoms with Crippen molar-refractivity contribution in [2.24, 2.45) is 0 Å². The molecule has 2 heterocycles. The molecule has 8 heteroatoms. The number of carbonyl (C=O) groups excluding carboxylic acids is 1. The summed E-state index contributed by atoms with van der Waals surface area (Å²) in [6.07, 6.45) is -1.83. The molecular weight excluding hydrogens is 421 g/mol. The summed E-state index contributed by atoms with van der Waals surface area (Å²) in [6, 6.07) is 14.4. The van der Waals surface area contributed by atoms with Crippen LogP contribution in [0, 0.1) is 0 Å². The first kappa shape index (κ1) is 22.8. The van der Waals surface area contributed by atoms with Gasteiger partial charge in [0.2, 0.25) is 5.91 Å². The van der Waals surface area contributed by atoms with Crippen LogP contribution in [-0.4, -0.2) is 48.8 Å². The number of carbonyl (C=O) groups is 1. The van der Waals surface area contributed by atoms with Gasteiger partial charge in [-0.2, -0.15) is 13.2 Å². The molecule has 0 bridgehead atoms. The molecule has 0 aliphatic carbocycles. The van der Waals surface area contributed by atoms with E-state index in [1.807, 2.05) is 35.2 Å². The Morgan fingerprint density at radius 2 is 1.88 bits per heavy atom. The first-order valence-corrected chi connectivity index (χ1v) is 10.8. The molecule has 0 unspecified atom stereocenters. The van der Waals surface area contributed by atoms with Gasteiger partial charge in [-0.15, -0.1) is 0 Å². The van der Waals surface area contributed by atoms with Crippen LogP contribution in [0.1, 0.15) is 30.4 Å². The second-order valence-electron chi connectivity index (χ2n) is 8.41. The Morgan fingerprint density at radius 3 is 2.53 bits per heavy atom. The standard InChI is InChI=1S/C24H27F3N2O3/c25-24(26,27)19-7-9-20(10-8-19)28-22(30)16-29-13-12-23(11-4-14-32-23)21(15-29)31-17-18-5-2-1-3-6-18/h1-3,5-10,21H,4,11-17H2,(H,28,30)/t21-,23+/m0/s1. The second-order valence-corrected chi connectivity index (χ2v) is 8.41. The lowest BCUT2D eigenvalue weighted by molar-refractivity contribution is -0.159. The fourth-order valence-electron chi connectivity index (χ4n) is 4.44. The molecule has 2 aliphatic heterocycles. The highest BCUT2D eigenvalue weighted by Crippen LogP contribution is 2.38. The number of nitrogens with zero attached hydrogens (tertiary/aromatic N) is 1. The molecule has 1 spiro atoms. The number of hydrogen-bond donors (Lipinski definition) is 1. The van der Waals surface area contributed by atoms with Gasteiger partial charge in [-0.3, -0.25) is 9.69 Å². The van der Waals surface area contributed by atoms with E-state index in [2.05, 4.69) is 5.32 Å². The van der Waals surface area contributed by atoms with Crippen LogP contribution >= 0.6 is 0 Å². The summed E-state index contributed by atoms with van der Waals surface area (Å²) in [5, 5.41) is 2.68. The maximum absolute atomic E-state index is 12.7. The summed E-state index contributed by atoms with van der Waals surface area (Å²) < 4.78 is 50.5. The minimum Gasteiger partial charge on any atom is -0.372 e. The molecule has 5 nitrogen and oxygen atoms in total. The third-order valence-electron chi connectivity index (χ3n) is 6.15. The van der Waals surface area contributed by atoms with Crippen molar-refractivity contribution in [1.82, 2.24) is 4.90 Å². The van der Waals surface area contributed by atoms with Crippen molar-refractivity contribution in [3.63, 3.8) is 0 Å². The van der Waals surface area contributed by atoms with Crippen LogP contribution < -0.4 is 5.32 Å². The van der Waals surface area contributed by atoms with Gasteiger partial charge in [0.05, 0.1) is 30.4 Å². The summed E-state index contributed by atoms with van der Waals surface area (Å²) in [6.45, 7) is 2.60. The van der Waals surface area contributed by atoms with Crippen molar-refractivity contribution in [2.45, 2.75) is 43.8 Å². The monoisotopic (exact) mass is 448 g/mol. The van der Waals surface area contributed by atoms with Crippen LogP contribution in [0.25, 0.3) is 0 Å². The van der Waals surface area contributed by atoms with E-state index in [0.29, 0.717) is 25.4 Å². The van der Waals surface area contributed by atoms with Crippen LogP contribution in [0.2, 0.25) is 0 Å². The first-order valence-electron chi connectivity index (χ1n) is 10.8. The maximum Gasteiger partial charge on any atom is 0.416 e. The number of nitrogens with one attached hydrogen (secondary N) is 1. The number of hydrogen-bond acceptors (Lipinski definition) is 4. The van der Waals surface area contributed by atoms with Gasteiger partial charge in [-0.25, -0.2) is 0 Å². The maximum atomic E-state index is 12.7. The molecular formula is C24H27F3N2O3. The molecule has 2 aromatic carbocycles. The quantitative estimate of drug-likeness (QED) is 0.708. The van der Waals surface area contributed by atoms with Gasteiger partial charge < -0.3 is 14.8 Å². The van der Waals surface area contributed by atoms with Gasteiger partial charge in [0.15, 0.2) is 0 Å². The summed E-state index contributed by atoms with van der Waals surface area (Å²) in [5.74, 6) is -0.269. The zero-order valence-corrected chi connectivity index (χ0v) is 17.7. The highest BCUT2D eigenvalue weighted by molar-refractivity contribution is 5.92. The van der Waals surface area contributed by atoms with Gasteiger partial charge in [0.1, 0.15) is 0 Å². The minimum atomic E-state index is -4.40. The predicted octanol–water partition coefficient (Wildman–Crippen LogP) is 4.48. The lowest BCUT2D eigenvalue weighted by Crippen LogP contribution is -2.57. The van der Waals surface area contributed by atoms with E-state index in [9.17, 15) is 18.0 Å². The second kappa shape index (κ2) is 9.60. The number of rotatable bonds is 6. The molecule has 0 aromatic heterocycles. The SMILES string of the molecule is O=C(CN1CC[C@]2(CCCO2)[C@@H](OCc2ccccc2)C1)Nc1ccc(C(F)(F)F)cc1. The molecule has 1 amide bonds. The Hall–Kier alpha value is -2.42. The lowest BCUT2D eigenvalue weighted by Gasteiger charge is -2.44. The van der Waals surface area contributed by atoms with Crippen molar-refractivity contribution in [1.29, 1.82) is 0 Å². The highest BCUT2D eigenvalue weighted by atomic mass is 19.4. The molecule has 4 rings (SSSR count). The molecule has 1 N–H and O–H groups in total. The van der Waals surface area contributed by atoms with Crippen molar-refractivity contribution in [2.75, 3.05) is 31.6 Å². The number of alkyl halides is 3. The Kier molecular flexibility index (Phi) is 6.83. The van der Waals surface area contributed by atoms with Crippen LogP contribution in [0.15, 0.2) is 54.6 Å². The number of anilines is 1. The lowest BCUT2D eigenvalue weighted by atomic mass is 9.85. The van der Waals surface area contributed by atoms with Gasteiger partial charge in [0.25, 0.3) is 0 Å². The van der Waals surface area contributed by atoms with Crippen LogP contribution in [0.4, 0.5) is 18.9 Å². The zero-order valence-electron chi connectivity index (χ0n) is 17.7. The highest BCUT2D eigenvalue weighted by Gasteiger charge is 2.47. The number of halogens is 3. The van der Waals surface area contributed by atoms with E-state index >= 15 is 0 Å². The van der Waals surface area contributed by atoms with E-state index in [4.69, 9.17) is 9.47 Å². The molecule has 32 heavy (non-hydrogen) atoms. The minimum absolute atomic E-state index is 0.141. The summed E-state index contributed by atoms with van der Waals surface area (Å²) in [4.78, 5) is 14.5. The van der Waals surface area contributed by atoms with Crippen LogP contribution in [-0.2, 0) is 27.1 Å². The van der Waals surface area contributed by atoms with E-state index in [0.717, 1.165) is 43.6 Å². The van der Waals surface area contributed by atoms with Gasteiger partial charge in [-0.05, 0) is 49.1 Å². The molecule has 2 fully saturated rings. The molecule has 0 saturated carbocycles. The van der Waals surface area contributed by atoms with E-state index < -0.39 is 11.7 Å². The number of amides is 1. The van der Waals surface area contributed by atoms with Crippen LogP contribution in [0.3, 0.4) is 0 Å². The predicted molar refractivity (Wildman–Crippen MR) is 114 cm³/mol. The van der Waals surface area contributed by atoms with Crippen molar-refractivity contribution in [3.8, 4) is 0 Å². The fourth-order valence-corrected chi connectivity index (χ4v) is 4.44.